The first-order valence-corrected chi connectivity index (χ1v) is 10.1. The van der Waals surface area contributed by atoms with E-state index < -0.39 is 0 Å². The highest BCUT2D eigenvalue weighted by atomic mass is 16.1. The molecule has 0 aliphatic heterocycles. The van der Waals surface area contributed by atoms with Crippen LogP contribution in [-0.2, 0) is 12.8 Å². The maximum Gasteiger partial charge on any atom is 0.273 e. The topological polar surface area (TPSA) is 115 Å². The molecule has 4 N–H and O–H groups in total. The van der Waals surface area contributed by atoms with Gasteiger partial charge in [-0.3, -0.25) is 24.8 Å². The number of likely N-dealkylation sites (N-methyl/N-ethyl adjacent to an activating group) is 1. The second-order valence-electron chi connectivity index (χ2n) is 7.09. The Balaban J connectivity index is 1.78. The Bertz CT molecular complexity index is 1170. The summed E-state index contributed by atoms with van der Waals surface area (Å²) in [5.41, 5.74) is 6.99. The fourth-order valence-corrected chi connectivity index (χ4v) is 3.76. The van der Waals surface area contributed by atoms with E-state index in [2.05, 4.69) is 49.3 Å². The van der Waals surface area contributed by atoms with E-state index >= 15 is 0 Å². The molecule has 0 saturated heterocycles. The monoisotopic (exact) mass is 403 g/mol. The van der Waals surface area contributed by atoms with E-state index in [0.717, 1.165) is 47.8 Å². The van der Waals surface area contributed by atoms with E-state index in [1.807, 2.05) is 24.4 Å². The summed E-state index contributed by atoms with van der Waals surface area (Å²) >= 11 is 0. The fourth-order valence-electron chi connectivity index (χ4n) is 3.76. The molecule has 0 radical (unpaired) electrons. The first kappa shape index (κ1) is 19.8. The van der Waals surface area contributed by atoms with Crippen LogP contribution in [0.2, 0.25) is 0 Å². The lowest BCUT2D eigenvalue weighted by Crippen LogP contribution is -2.16. The number of aromatic nitrogens is 6. The smallest absolute Gasteiger partial charge is 0.273 e. The molecule has 4 aromatic rings. The van der Waals surface area contributed by atoms with Crippen molar-refractivity contribution in [1.29, 1.82) is 0 Å². The lowest BCUT2D eigenvalue weighted by atomic mass is 9.99. The van der Waals surface area contributed by atoms with Gasteiger partial charge in [-0.2, -0.15) is 0 Å². The van der Waals surface area contributed by atoms with Crippen molar-refractivity contribution < 1.29 is 0 Å². The number of hydrogen-bond acceptors (Lipinski definition) is 5. The van der Waals surface area contributed by atoms with Crippen LogP contribution in [0.25, 0.3) is 22.5 Å². The average molecular weight is 403 g/mol. The second kappa shape index (κ2) is 8.87. The van der Waals surface area contributed by atoms with Crippen molar-refractivity contribution in [2.45, 2.75) is 26.7 Å². The van der Waals surface area contributed by atoms with Gasteiger partial charge in [0.2, 0.25) is 0 Å². The molecular weight excluding hydrogens is 378 g/mol. The predicted octanol–water partition coefficient (Wildman–Crippen LogP) is 2.60. The molecule has 0 unspecified atom stereocenters. The van der Waals surface area contributed by atoms with Gasteiger partial charge in [0.25, 0.3) is 5.56 Å². The molecule has 8 nitrogen and oxygen atoms in total. The van der Waals surface area contributed by atoms with Gasteiger partial charge in [-0.25, -0.2) is 0 Å². The second-order valence-corrected chi connectivity index (χ2v) is 7.09. The Morgan fingerprint density at radius 3 is 2.70 bits per heavy atom. The number of nitrogens with one attached hydrogen (secondary N) is 4. The summed E-state index contributed by atoms with van der Waals surface area (Å²) in [5.74, 6) is 0. The lowest BCUT2D eigenvalue weighted by molar-refractivity contribution is 0.715. The quantitative estimate of drug-likeness (QED) is 0.338. The van der Waals surface area contributed by atoms with Crippen molar-refractivity contribution in [3.8, 4) is 22.5 Å². The Labute approximate surface area is 174 Å². The van der Waals surface area contributed by atoms with Crippen LogP contribution in [0.15, 0.2) is 47.8 Å². The van der Waals surface area contributed by atoms with Crippen LogP contribution >= 0.6 is 0 Å². The maximum atomic E-state index is 12.1. The average Bonchev–Trinajstić information content (AvgIpc) is 3.32. The van der Waals surface area contributed by atoms with Gasteiger partial charge in [0.15, 0.2) is 0 Å². The van der Waals surface area contributed by atoms with Gasteiger partial charge < -0.3 is 15.4 Å². The maximum absolute atomic E-state index is 12.1. The van der Waals surface area contributed by atoms with Crippen LogP contribution in [0.3, 0.4) is 0 Å². The summed E-state index contributed by atoms with van der Waals surface area (Å²) in [7, 11) is 0. The Morgan fingerprint density at radius 2 is 1.97 bits per heavy atom. The van der Waals surface area contributed by atoms with Crippen LogP contribution in [0.4, 0.5) is 0 Å². The van der Waals surface area contributed by atoms with Crippen molar-refractivity contribution >= 4 is 0 Å². The molecule has 0 amide bonds. The van der Waals surface area contributed by atoms with E-state index in [1.165, 1.54) is 5.56 Å². The number of nitrogens with zero attached hydrogens (tertiary/aromatic N) is 3. The summed E-state index contributed by atoms with van der Waals surface area (Å²) in [6.45, 7) is 6.02. The predicted molar refractivity (Wildman–Crippen MR) is 116 cm³/mol. The number of pyridine rings is 1. The molecule has 0 aliphatic carbocycles. The molecule has 4 aromatic heterocycles. The molecule has 0 saturated carbocycles. The van der Waals surface area contributed by atoms with Crippen LogP contribution in [0.1, 0.15) is 29.6 Å². The molecule has 0 spiro atoms. The third-order valence-corrected chi connectivity index (χ3v) is 5.14. The zero-order valence-corrected chi connectivity index (χ0v) is 17.1. The van der Waals surface area contributed by atoms with E-state index in [1.54, 1.807) is 18.6 Å². The van der Waals surface area contributed by atoms with E-state index in [0.29, 0.717) is 17.7 Å². The Morgan fingerprint density at radius 1 is 1.10 bits per heavy atom. The van der Waals surface area contributed by atoms with Crippen molar-refractivity contribution in [2.24, 2.45) is 0 Å². The Hall–Kier alpha value is -3.52. The number of aromatic amines is 3. The van der Waals surface area contributed by atoms with Gasteiger partial charge in [0.05, 0.1) is 22.6 Å². The number of H-pyrrole nitrogens is 3. The standard InChI is InChI=1S/C22H25N7O/c1-3-23-9-7-15-14(2)28-18(20(15)17-6-4-5-8-24-17)12-19-21(26-11-10-25-19)16-13-27-29-22(16)30/h4-6,8,10-11,13,23,28H,3,7,9,12H2,1-2H3,(H2,27,29,30). The third kappa shape index (κ3) is 3.95. The van der Waals surface area contributed by atoms with E-state index in [-0.39, 0.29) is 5.56 Å². The van der Waals surface area contributed by atoms with E-state index in [9.17, 15) is 4.79 Å². The molecular formula is C22H25N7O. The summed E-state index contributed by atoms with van der Waals surface area (Å²) in [6, 6.07) is 5.94. The van der Waals surface area contributed by atoms with Crippen LogP contribution < -0.4 is 10.9 Å². The molecule has 0 aromatic carbocycles. The zero-order valence-electron chi connectivity index (χ0n) is 17.1. The summed E-state index contributed by atoms with van der Waals surface area (Å²) in [5, 5.41) is 8.70. The summed E-state index contributed by atoms with van der Waals surface area (Å²) in [6.07, 6.45) is 8.10. The molecule has 0 fully saturated rings. The molecule has 0 atom stereocenters. The first-order valence-electron chi connectivity index (χ1n) is 10.1. The molecule has 0 aliphatic rings. The summed E-state index contributed by atoms with van der Waals surface area (Å²) < 4.78 is 0. The first-order chi connectivity index (χ1) is 14.7. The summed E-state index contributed by atoms with van der Waals surface area (Å²) in [4.78, 5) is 29.3. The minimum atomic E-state index is -0.212. The van der Waals surface area contributed by atoms with E-state index in [4.69, 9.17) is 0 Å². The van der Waals surface area contributed by atoms with Crippen LogP contribution in [0.5, 0.6) is 0 Å². The highest BCUT2D eigenvalue weighted by Crippen LogP contribution is 2.31. The molecule has 0 bridgehead atoms. The normalized spacial score (nSPS) is 11.1. The Kier molecular flexibility index (Phi) is 5.85. The van der Waals surface area contributed by atoms with Gasteiger partial charge in [-0.15, -0.1) is 0 Å². The van der Waals surface area contributed by atoms with Crippen molar-refractivity contribution in [2.75, 3.05) is 13.1 Å². The minimum absolute atomic E-state index is 0.212. The van der Waals surface area contributed by atoms with Crippen molar-refractivity contribution in [3.05, 3.63) is 76.0 Å². The van der Waals surface area contributed by atoms with Crippen molar-refractivity contribution in [1.82, 2.24) is 35.5 Å². The van der Waals surface area contributed by atoms with Gasteiger partial charge >= 0.3 is 0 Å². The number of rotatable bonds is 8. The molecule has 4 rings (SSSR count). The third-order valence-electron chi connectivity index (χ3n) is 5.14. The zero-order chi connectivity index (χ0) is 20.9. The largest absolute Gasteiger partial charge is 0.361 e. The highest BCUT2D eigenvalue weighted by molar-refractivity contribution is 5.70. The van der Waals surface area contributed by atoms with Gasteiger partial charge in [-0.1, -0.05) is 13.0 Å². The number of hydrogen-bond donors (Lipinski definition) is 4. The highest BCUT2D eigenvalue weighted by Gasteiger charge is 2.20. The van der Waals surface area contributed by atoms with Crippen LogP contribution in [0, 0.1) is 6.92 Å². The van der Waals surface area contributed by atoms with Gasteiger partial charge in [0, 0.05) is 48.2 Å². The van der Waals surface area contributed by atoms with Gasteiger partial charge in [0.1, 0.15) is 0 Å². The molecule has 8 heteroatoms. The minimum Gasteiger partial charge on any atom is -0.361 e. The van der Waals surface area contributed by atoms with Gasteiger partial charge in [-0.05, 0) is 44.1 Å². The molecule has 4 heterocycles. The molecule has 154 valence electrons. The fraction of sp³-hybridized carbons (Fsp3) is 0.273. The molecule has 30 heavy (non-hydrogen) atoms. The lowest BCUT2D eigenvalue weighted by Gasteiger charge is -2.09. The SMILES string of the molecule is CCNCCc1c(C)[nH]c(Cc2nccnc2-c2c[nH][nH]c2=O)c1-c1ccccn1. The van der Waals surface area contributed by atoms with Crippen molar-refractivity contribution in [3.63, 3.8) is 0 Å². The van der Waals surface area contributed by atoms with Crippen LogP contribution in [-0.4, -0.2) is 43.2 Å². The number of aryl methyl sites for hydroxylation is 1.